The van der Waals surface area contributed by atoms with Crippen LogP contribution >= 0.6 is 0 Å². The molecule has 39 heavy (non-hydrogen) atoms. The number of hydrogen-bond acceptors (Lipinski definition) is 7. The molecular weight excluding hydrogens is 512 g/mol. The van der Waals surface area contributed by atoms with Gasteiger partial charge in [-0.2, -0.15) is 5.26 Å². The Morgan fingerprint density at radius 2 is 1.92 bits per heavy atom. The molecule has 0 saturated carbocycles. The number of piperazine rings is 1. The van der Waals surface area contributed by atoms with E-state index in [-0.39, 0.29) is 30.2 Å². The first-order valence-corrected chi connectivity index (χ1v) is 12.6. The minimum atomic E-state index is -3.15. The number of nitrogens with one attached hydrogen (secondary N) is 2. The molecule has 2 aliphatic heterocycles. The zero-order valence-corrected chi connectivity index (χ0v) is 21.5. The number of fused-ring (bicyclic) bond motifs is 1. The Bertz CT molecular complexity index is 1320. The molecule has 2 N–H and O–H groups in total. The second kappa shape index (κ2) is 11.7. The number of nitriles is 1. The Balaban J connectivity index is 1.42. The van der Waals surface area contributed by atoms with Gasteiger partial charge in [0.25, 0.3) is 11.8 Å². The van der Waals surface area contributed by atoms with Gasteiger partial charge in [-0.05, 0) is 24.3 Å². The van der Waals surface area contributed by atoms with Crippen molar-refractivity contribution in [2.45, 2.75) is 31.2 Å². The van der Waals surface area contributed by atoms with E-state index < -0.39 is 43.3 Å². The van der Waals surface area contributed by atoms with Crippen LogP contribution in [0.2, 0.25) is 0 Å². The molecule has 1 atom stereocenters. The molecule has 0 bridgehead atoms. The summed E-state index contributed by atoms with van der Waals surface area (Å²) in [7, 11) is 1.57. The van der Waals surface area contributed by atoms with Crippen molar-refractivity contribution in [3.05, 3.63) is 36.0 Å². The summed E-state index contributed by atoms with van der Waals surface area (Å²) >= 11 is 0. The molecule has 1 aromatic heterocycles. The highest BCUT2D eigenvalue weighted by molar-refractivity contribution is 6.08. The monoisotopic (exact) mass is 541 g/mol. The molecule has 4 rings (SSSR count). The first kappa shape index (κ1) is 27.8. The predicted molar refractivity (Wildman–Crippen MR) is 137 cm³/mol. The molecule has 0 radical (unpaired) electrons. The van der Waals surface area contributed by atoms with E-state index in [1.165, 1.54) is 17.2 Å². The smallest absolute Gasteiger partial charge is 0.268 e. The van der Waals surface area contributed by atoms with Crippen molar-refractivity contribution in [1.82, 2.24) is 25.4 Å². The molecule has 2 aromatic rings. The van der Waals surface area contributed by atoms with Crippen molar-refractivity contribution in [2.24, 2.45) is 0 Å². The van der Waals surface area contributed by atoms with Crippen LogP contribution in [0.5, 0.6) is 0 Å². The van der Waals surface area contributed by atoms with Gasteiger partial charge in [0.05, 0.1) is 30.2 Å². The quantitative estimate of drug-likeness (QED) is 0.531. The highest BCUT2D eigenvalue weighted by Gasteiger charge is 2.47. The molecule has 2 aliphatic rings. The average molecular weight is 542 g/mol. The minimum Gasteiger partial charge on any atom is -0.343 e. The Kier molecular flexibility index (Phi) is 8.35. The Hall–Kier alpha value is -4.18. The van der Waals surface area contributed by atoms with E-state index in [0.29, 0.717) is 29.7 Å². The largest absolute Gasteiger partial charge is 0.343 e. The van der Waals surface area contributed by atoms with Crippen LogP contribution < -0.4 is 15.5 Å². The van der Waals surface area contributed by atoms with Gasteiger partial charge in [0.1, 0.15) is 6.04 Å². The highest BCUT2D eigenvalue weighted by Crippen LogP contribution is 2.31. The lowest BCUT2D eigenvalue weighted by Gasteiger charge is -2.27. The number of benzene rings is 1. The van der Waals surface area contributed by atoms with E-state index >= 15 is 0 Å². The molecule has 11 nitrogen and oxygen atoms in total. The van der Waals surface area contributed by atoms with Crippen LogP contribution in [-0.4, -0.2) is 96.7 Å². The number of nitrogens with zero attached hydrogens (tertiary/aromatic N) is 5. The third kappa shape index (κ3) is 6.46. The summed E-state index contributed by atoms with van der Waals surface area (Å²) in [5, 5.41) is 15.1. The summed E-state index contributed by atoms with van der Waals surface area (Å²) < 4.78 is 27.3. The number of rotatable bonds is 7. The van der Waals surface area contributed by atoms with E-state index in [9.17, 15) is 28.0 Å². The highest BCUT2D eigenvalue weighted by atomic mass is 19.3. The molecule has 4 amide bonds. The number of anilines is 1. The maximum Gasteiger partial charge on any atom is 0.268 e. The van der Waals surface area contributed by atoms with Crippen molar-refractivity contribution in [3.8, 4) is 6.07 Å². The lowest BCUT2D eigenvalue weighted by molar-refractivity contribution is -0.133. The van der Waals surface area contributed by atoms with Gasteiger partial charge in [0, 0.05) is 69.8 Å². The van der Waals surface area contributed by atoms with Gasteiger partial charge in [-0.25, -0.2) is 8.78 Å². The van der Waals surface area contributed by atoms with Gasteiger partial charge in [-0.15, -0.1) is 0 Å². The maximum atomic E-state index is 13.7. The second-order valence-corrected chi connectivity index (χ2v) is 9.55. The number of carbonyl (C=O) groups excluding carboxylic acids is 4. The SMILES string of the molecule is CN(C(=O)CCC(=O)N1CCNCC1)c1ccc2nccc(C(=O)NCC(=O)N3CC(F)(F)CC3C#N)c2c1. The summed E-state index contributed by atoms with van der Waals surface area (Å²) in [6.45, 7) is 1.24. The van der Waals surface area contributed by atoms with Crippen LogP contribution in [0.25, 0.3) is 10.9 Å². The molecule has 1 unspecified atom stereocenters. The number of carbonyl (C=O) groups is 4. The lowest BCUT2D eigenvalue weighted by Crippen LogP contribution is -2.46. The van der Waals surface area contributed by atoms with Crippen molar-refractivity contribution < 1.29 is 28.0 Å². The topological polar surface area (TPSA) is 139 Å². The number of alkyl halides is 2. The van der Waals surface area contributed by atoms with Crippen molar-refractivity contribution in [3.63, 3.8) is 0 Å². The van der Waals surface area contributed by atoms with Gasteiger partial charge in [-0.3, -0.25) is 24.2 Å². The van der Waals surface area contributed by atoms with Crippen molar-refractivity contribution in [2.75, 3.05) is 51.2 Å². The second-order valence-electron chi connectivity index (χ2n) is 9.55. The number of pyridine rings is 1. The standard InChI is InChI=1S/C26H29F2N7O4/c1-33(22(36)4-5-23(37)34-10-8-30-9-11-34)17-2-3-21-20(12-17)19(6-7-31-21)25(39)32-15-24(38)35-16-26(27,28)13-18(35)14-29/h2-3,6-7,12,18,30H,4-5,8-11,13,15-16H2,1H3,(H,32,39). The van der Waals surface area contributed by atoms with E-state index in [2.05, 4.69) is 15.6 Å². The number of hydrogen-bond donors (Lipinski definition) is 2. The Morgan fingerprint density at radius 3 is 2.64 bits per heavy atom. The van der Waals surface area contributed by atoms with Crippen LogP contribution in [0.4, 0.5) is 14.5 Å². The van der Waals surface area contributed by atoms with Gasteiger partial charge in [-0.1, -0.05) is 0 Å². The van der Waals surface area contributed by atoms with Gasteiger partial charge < -0.3 is 25.3 Å². The summed E-state index contributed by atoms with van der Waals surface area (Å²) in [5.74, 6) is -4.92. The third-order valence-corrected chi connectivity index (χ3v) is 6.89. The molecule has 13 heteroatoms. The number of amides is 4. The average Bonchev–Trinajstić information content (AvgIpc) is 3.28. The van der Waals surface area contributed by atoms with E-state index in [1.807, 2.05) is 0 Å². The van der Waals surface area contributed by atoms with Gasteiger partial charge in [0.15, 0.2) is 0 Å². The molecule has 0 aliphatic carbocycles. The molecule has 1 aromatic carbocycles. The van der Waals surface area contributed by atoms with Crippen LogP contribution in [0, 0.1) is 11.3 Å². The molecule has 2 saturated heterocycles. The Morgan fingerprint density at radius 1 is 1.18 bits per heavy atom. The lowest BCUT2D eigenvalue weighted by atomic mass is 10.1. The first-order chi connectivity index (χ1) is 18.6. The van der Waals surface area contributed by atoms with Crippen molar-refractivity contribution in [1.29, 1.82) is 5.26 Å². The Labute approximate surface area is 223 Å². The number of halogens is 2. The van der Waals surface area contributed by atoms with E-state index in [1.54, 1.807) is 36.2 Å². The molecular formula is C26H29F2N7O4. The van der Waals surface area contributed by atoms with E-state index in [4.69, 9.17) is 5.26 Å². The molecule has 2 fully saturated rings. The van der Waals surface area contributed by atoms with Crippen LogP contribution in [-0.2, 0) is 14.4 Å². The number of aromatic nitrogens is 1. The zero-order valence-electron chi connectivity index (χ0n) is 21.5. The van der Waals surface area contributed by atoms with Crippen LogP contribution in [0.15, 0.2) is 30.5 Å². The van der Waals surface area contributed by atoms with Gasteiger partial charge >= 0.3 is 0 Å². The fourth-order valence-corrected chi connectivity index (χ4v) is 4.69. The molecule has 206 valence electrons. The summed E-state index contributed by atoms with van der Waals surface area (Å²) in [5.41, 5.74) is 1.13. The zero-order chi connectivity index (χ0) is 28.2. The normalized spacial score (nSPS) is 18.5. The summed E-state index contributed by atoms with van der Waals surface area (Å²) in [6.07, 6.45) is 0.799. The van der Waals surface area contributed by atoms with Gasteiger partial charge in [0.2, 0.25) is 17.7 Å². The number of likely N-dealkylation sites (tertiary alicyclic amines) is 1. The fraction of sp³-hybridized carbons (Fsp3) is 0.462. The first-order valence-electron chi connectivity index (χ1n) is 12.6. The van der Waals surface area contributed by atoms with E-state index in [0.717, 1.165) is 18.0 Å². The summed E-state index contributed by atoms with van der Waals surface area (Å²) in [6, 6.07) is 6.82. The maximum absolute atomic E-state index is 13.7. The molecule has 0 spiro atoms. The predicted octanol–water partition coefficient (Wildman–Crippen LogP) is 0.899. The van der Waals surface area contributed by atoms with Crippen LogP contribution in [0.3, 0.4) is 0 Å². The van der Waals surface area contributed by atoms with Crippen LogP contribution in [0.1, 0.15) is 29.6 Å². The minimum absolute atomic E-state index is 0.0268. The summed E-state index contributed by atoms with van der Waals surface area (Å²) in [4.78, 5) is 58.8. The molecule has 3 heterocycles. The fourth-order valence-electron chi connectivity index (χ4n) is 4.69. The third-order valence-electron chi connectivity index (χ3n) is 6.89. The van der Waals surface area contributed by atoms with Crippen molar-refractivity contribution >= 4 is 40.2 Å².